The largest absolute Gasteiger partial charge is 0.466 e. The summed E-state index contributed by atoms with van der Waals surface area (Å²) in [7, 11) is 1.63. The van der Waals surface area contributed by atoms with E-state index in [1.165, 1.54) is 0 Å². The maximum absolute atomic E-state index is 12.3. The third kappa shape index (κ3) is 5.07. The molecule has 0 bridgehead atoms. The number of rotatable bonds is 7. The number of likely N-dealkylation sites (tertiary alicyclic amines) is 1. The van der Waals surface area contributed by atoms with Crippen molar-refractivity contribution in [2.24, 2.45) is 0 Å². The summed E-state index contributed by atoms with van der Waals surface area (Å²) in [5, 5.41) is 6.10. The van der Waals surface area contributed by atoms with Gasteiger partial charge >= 0.3 is 0 Å². The number of hydrogen-bond acceptors (Lipinski definition) is 5. The normalized spacial score (nSPS) is 15.5. The highest BCUT2D eigenvalue weighted by Crippen LogP contribution is 2.16. The van der Waals surface area contributed by atoms with Crippen molar-refractivity contribution in [2.75, 3.05) is 39.9 Å². The van der Waals surface area contributed by atoms with E-state index in [1.54, 1.807) is 20.1 Å². The Labute approximate surface area is 142 Å². The van der Waals surface area contributed by atoms with Crippen LogP contribution in [0.1, 0.15) is 34.7 Å². The Morgan fingerprint density at radius 1 is 1.33 bits per heavy atom. The average Bonchev–Trinajstić information content (AvgIpc) is 2.90. The zero-order valence-electron chi connectivity index (χ0n) is 14.7. The molecule has 7 heteroatoms. The molecule has 0 aliphatic carbocycles. The molecule has 1 fully saturated rings. The monoisotopic (exact) mass is 337 g/mol. The number of nitrogens with one attached hydrogen (secondary N) is 2. The molecule has 2 heterocycles. The Bertz CT molecular complexity index is 562. The number of carbonyl (C=O) groups excluding carboxylic acids is 2. The number of amides is 2. The topological polar surface area (TPSA) is 83.8 Å². The third-order valence-corrected chi connectivity index (χ3v) is 4.23. The maximum Gasteiger partial charge on any atom is 0.255 e. The van der Waals surface area contributed by atoms with E-state index in [0.717, 1.165) is 18.6 Å². The summed E-state index contributed by atoms with van der Waals surface area (Å²) >= 11 is 0. The number of hydrogen-bond donors (Lipinski definition) is 2. The molecular weight excluding hydrogens is 310 g/mol. The summed E-state index contributed by atoms with van der Waals surface area (Å²) in [5.41, 5.74) is 0.591. The highest BCUT2D eigenvalue weighted by molar-refractivity contribution is 5.95. The molecule has 2 amide bonds. The first-order chi connectivity index (χ1) is 11.5. The molecule has 7 nitrogen and oxygen atoms in total. The average molecular weight is 337 g/mol. The van der Waals surface area contributed by atoms with Gasteiger partial charge in [0.25, 0.3) is 5.91 Å². The van der Waals surface area contributed by atoms with Crippen LogP contribution in [0, 0.1) is 13.8 Å². The van der Waals surface area contributed by atoms with Gasteiger partial charge in [0.15, 0.2) is 0 Å². The van der Waals surface area contributed by atoms with Gasteiger partial charge in [-0.15, -0.1) is 0 Å². The number of carbonyl (C=O) groups is 2. The summed E-state index contributed by atoms with van der Waals surface area (Å²) in [6.07, 6.45) is 1.54. The van der Waals surface area contributed by atoms with Gasteiger partial charge in [0.2, 0.25) is 5.91 Å². The number of ether oxygens (including phenoxy) is 1. The summed E-state index contributed by atoms with van der Waals surface area (Å²) in [6.45, 7) is 6.53. The van der Waals surface area contributed by atoms with Crippen LogP contribution < -0.4 is 10.6 Å². The predicted octanol–water partition coefficient (Wildman–Crippen LogP) is 0.853. The van der Waals surface area contributed by atoms with Crippen molar-refractivity contribution in [2.45, 2.75) is 32.7 Å². The lowest BCUT2D eigenvalue weighted by atomic mass is 10.0. The summed E-state index contributed by atoms with van der Waals surface area (Å²) in [5.74, 6) is 1.37. The number of nitrogens with zero attached hydrogens (tertiary/aromatic N) is 1. The Kier molecular flexibility index (Phi) is 6.81. The second-order valence-electron chi connectivity index (χ2n) is 6.13. The van der Waals surface area contributed by atoms with E-state index in [9.17, 15) is 9.59 Å². The van der Waals surface area contributed by atoms with Crippen molar-refractivity contribution in [3.05, 3.63) is 23.2 Å². The summed E-state index contributed by atoms with van der Waals surface area (Å²) in [4.78, 5) is 26.2. The highest BCUT2D eigenvalue weighted by atomic mass is 16.5. The Morgan fingerprint density at radius 2 is 2.04 bits per heavy atom. The fourth-order valence-electron chi connectivity index (χ4n) is 2.87. The molecule has 0 saturated carbocycles. The molecular formula is C17H27N3O4. The van der Waals surface area contributed by atoms with Crippen LogP contribution in [0.3, 0.4) is 0 Å². The van der Waals surface area contributed by atoms with Gasteiger partial charge in [-0.2, -0.15) is 0 Å². The zero-order valence-corrected chi connectivity index (χ0v) is 14.7. The van der Waals surface area contributed by atoms with E-state index in [2.05, 4.69) is 10.6 Å². The van der Waals surface area contributed by atoms with E-state index >= 15 is 0 Å². The lowest BCUT2D eigenvalue weighted by molar-refractivity contribution is -0.131. The van der Waals surface area contributed by atoms with Gasteiger partial charge in [0.1, 0.15) is 11.5 Å². The minimum atomic E-state index is -0.102. The molecule has 0 atom stereocenters. The number of aryl methyl sites for hydroxylation is 2. The zero-order chi connectivity index (χ0) is 17.5. The van der Waals surface area contributed by atoms with Crippen molar-refractivity contribution in [1.82, 2.24) is 15.5 Å². The lowest BCUT2D eigenvalue weighted by Crippen LogP contribution is -2.48. The van der Waals surface area contributed by atoms with E-state index in [4.69, 9.17) is 9.15 Å². The molecule has 0 unspecified atom stereocenters. The van der Waals surface area contributed by atoms with Crippen LogP contribution in [-0.4, -0.2) is 62.7 Å². The molecule has 134 valence electrons. The quantitative estimate of drug-likeness (QED) is 0.721. The standard InChI is InChI=1S/C17H27N3O4/c1-12-10-15(13(2)24-12)17(22)19-14-4-7-20(8-5-14)16(21)11-18-6-9-23-3/h10,14,18H,4-9,11H2,1-3H3,(H,19,22). The van der Waals surface area contributed by atoms with Gasteiger partial charge in [-0.05, 0) is 32.8 Å². The van der Waals surface area contributed by atoms with Crippen molar-refractivity contribution in [3.8, 4) is 0 Å². The molecule has 0 aromatic carbocycles. The smallest absolute Gasteiger partial charge is 0.255 e. The van der Waals surface area contributed by atoms with Gasteiger partial charge in [0.05, 0.1) is 18.7 Å². The molecule has 1 aromatic rings. The fourth-order valence-corrected chi connectivity index (χ4v) is 2.87. The van der Waals surface area contributed by atoms with Gasteiger partial charge < -0.3 is 24.7 Å². The van der Waals surface area contributed by atoms with Gasteiger partial charge in [-0.25, -0.2) is 0 Å². The van der Waals surface area contributed by atoms with Gasteiger partial charge in [-0.3, -0.25) is 9.59 Å². The highest BCUT2D eigenvalue weighted by Gasteiger charge is 2.24. The van der Waals surface area contributed by atoms with E-state index in [-0.39, 0.29) is 17.9 Å². The van der Waals surface area contributed by atoms with Crippen LogP contribution in [0.5, 0.6) is 0 Å². The number of methoxy groups -OCH3 is 1. The predicted molar refractivity (Wildman–Crippen MR) is 90.0 cm³/mol. The third-order valence-electron chi connectivity index (χ3n) is 4.23. The van der Waals surface area contributed by atoms with Crippen molar-refractivity contribution >= 4 is 11.8 Å². The van der Waals surface area contributed by atoms with Gasteiger partial charge in [0, 0.05) is 32.8 Å². The molecule has 1 aliphatic rings. The number of piperidine rings is 1. The summed E-state index contributed by atoms with van der Waals surface area (Å²) < 4.78 is 10.3. The molecule has 2 rings (SSSR count). The molecule has 1 saturated heterocycles. The Balaban J connectivity index is 1.73. The van der Waals surface area contributed by atoms with Gasteiger partial charge in [-0.1, -0.05) is 0 Å². The van der Waals surface area contributed by atoms with Crippen molar-refractivity contribution < 1.29 is 18.7 Å². The van der Waals surface area contributed by atoms with Crippen molar-refractivity contribution in [1.29, 1.82) is 0 Å². The molecule has 24 heavy (non-hydrogen) atoms. The minimum absolute atomic E-state index is 0.0946. The first-order valence-electron chi connectivity index (χ1n) is 8.36. The van der Waals surface area contributed by atoms with Crippen LogP contribution >= 0.6 is 0 Å². The molecule has 0 radical (unpaired) electrons. The van der Waals surface area contributed by atoms with E-state index < -0.39 is 0 Å². The molecule has 1 aliphatic heterocycles. The van der Waals surface area contributed by atoms with E-state index in [1.807, 2.05) is 11.8 Å². The van der Waals surface area contributed by atoms with Crippen LogP contribution in [0.15, 0.2) is 10.5 Å². The number of furan rings is 1. The van der Waals surface area contributed by atoms with Crippen LogP contribution in [0.4, 0.5) is 0 Å². The Hall–Kier alpha value is -1.86. The maximum atomic E-state index is 12.3. The minimum Gasteiger partial charge on any atom is -0.466 e. The molecule has 2 N–H and O–H groups in total. The first kappa shape index (κ1) is 18.5. The SMILES string of the molecule is COCCNCC(=O)N1CCC(NC(=O)c2cc(C)oc2C)CC1. The van der Waals surface area contributed by atoms with Crippen LogP contribution in [0.2, 0.25) is 0 Å². The first-order valence-corrected chi connectivity index (χ1v) is 8.36. The van der Waals surface area contributed by atoms with E-state index in [0.29, 0.717) is 44.1 Å². The molecule has 1 aromatic heterocycles. The van der Waals surface area contributed by atoms with Crippen molar-refractivity contribution in [3.63, 3.8) is 0 Å². The lowest BCUT2D eigenvalue weighted by Gasteiger charge is -2.32. The van der Waals surface area contributed by atoms with Crippen LogP contribution in [-0.2, 0) is 9.53 Å². The molecule has 0 spiro atoms. The fraction of sp³-hybridized carbons (Fsp3) is 0.647. The Morgan fingerprint density at radius 3 is 2.62 bits per heavy atom. The second-order valence-corrected chi connectivity index (χ2v) is 6.13. The van der Waals surface area contributed by atoms with Crippen LogP contribution in [0.25, 0.3) is 0 Å². The summed E-state index contributed by atoms with van der Waals surface area (Å²) in [6, 6.07) is 1.85. The second kappa shape index (κ2) is 8.84.